The Balaban J connectivity index is 4.75. The van der Waals surface area contributed by atoms with Crippen LogP contribution in [-0.2, 0) is 13.4 Å². The Hall–Kier alpha value is 0.367. The van der Waals surface area contributed by atoms with Crippen LogP contribution in [0.1, 0.15) is 47.5 Å². The lowest BCUT2D eigenvalue weighted by Gasteiger charge is -2.31. The first-order valence-corrected chi connectivity index (χ1v) is 12.4. The van der Waals surface area contributed by atoms with Gasteiger partial charge in [0, 0.05) is 19.4 Å². The van der Waals surface area contributed by atoms with Gasteiger partial charge in [-0.25, -0.2) is 0 Å². The molecule has 5 heteroatoms. The summed E-state index contributed by atoms with van der Waals surface area (Å²) in [7, 11) is -4.11. The van der Waals surface area contributed by atoms with Gasteiger partial charge in [-0.3, -0.25) is 0 Å². The van der Waals surface area contributed by atoms with E-state index in [1.54, 1.807) is 0 Å². The summed E-state index contributed by atoms with van der Waals surface area (Å²) in [4.78, 5) is 0. The SMILES string of the molecule is CCCC[Si](CCP(=O)(CC)CC)(OCC)OCC. The fourth-order valence-electron chi connectivity index (χ4n) is 2.34. The maximum Gasteiger partial charge on any atom is 0.338 e. The van der Waals surface area contributed by atoms with Crippen LogP contribution in [0.5, 0.6) is 0 Å². The molecule has 0 aromatic carbocycles. The smallest absolute Gasteiger partial charge is 0.338 e. The van der Waals surface area contributed by atoms with Gasteiger partial charge >= 0.3 is 8.56 Å². The van der Waals surface area contributed by atoms with E-state index in [9.17, 15) is 4.57 Å². The van der Waals surface area contributed by atoms with Gasteiger partial charge in [-0.15, -0.1) is 0 Å². The molecule has 0 aromatic heterocycles. The Labute approximate surface area is 121 Å². The van der Waals surface area contributed by atoms with Gasteiger partial charge in [-0.05, 0) is 38.3 Å². The van der Waals surface area contributed by atoms with Crippen LogP contribution in [-0.4, -0.2) is 40.3 Å². The zero-order valence-electron chi connectivity index (χ0n) is 13.5. The van der Waals surface area contributed by atoms with Gasteiger partial charge in [0.15, 0.2) is 0 Å². The molecule has 0 aliphatic heterocycles. The summed E-state index contributed by atoms with van der Waals surface area (Å²) in [6.45, 7) is 11.8. The summed E-state index contributed by atoms with van der Waals surface area (Å²) in [5, 5.41) is 0. The molecular formula is C14H33O3PSi. The quantitative estimate of drug-likeness (QED) is 0.387. The van der Waals surface area contributed by atoms with Gasteiger partial charge in [-0.1, -0.05) is 33.6 Å². The summed E-state index contributed by atoms with van der Waals surface area (Å²) in [6, 6.07) is 1.94. The first-order valence-electron chi connectivity index (χ1n) is 7.86. The Morgan fingerprint density at radius 1 is 0.895 bits per heavy atom. The van der Waals surface area contributed by atoms with Gasteiger partial charge in [0.05, 0.1) is 7.14 Å². The van der Waals surface area contributed by atoms with E-state index < -0.39 is 15.7 Å². The first-order chi connectivity index (χ1) is 9.01. The number of rotatable bonds is 12. The molecule has 0 rings (SSSR count). The number of hydrogen-bond donors (Lipinski definition) is 0. The van der Waals surface area contributed by atoms with Crippen LogP contribution in [0.2, 0.25) is 12.1 Å². The first kappa shape index (κ1) is 19.4. The van der Waals surface area contributed by atoms with Gasteiger partial charge in [0.2, 0.25) is 0 Å². The predicted molar refractivity (Wildman–Crippen MR) is 87.1 cm³/mol. The molecule has 0 amide bonds. The molecule has 0 aliphatic rings. The molecule has 0 unspecified atom stereocenters. The fraction of sp³-hybridized carbons (Fsp3) is 1.00. The minimum absolute atomic E-state index is 0.707. The molecular weight excluding hydrogens is 275 g/mol. The molecule has 0 saturated carbocycles. The largest absolute Gasteiger partial charge is 0.394 e. The van der Waals surface area contributed by atoms with Crippen molar-refractivity contribution in [2.45, 2.75) is 59.5 Å². The van der Waals surface area contributed by atoms with Crippen molar-refractivity contribution >= 4 is 15.7 Å². The van der Waals surface area contributed by atoms with Crippen molar-refractivity contribution in [3.05, 3.63) is 0 Å². The lowest BCUT2D eigenvalue weighted by atomic mass is 10.4. The summed E-state index contributed by atoms with van der Waals surface area (Å²) >= 11 is 0. The third-order valence-corrected chi connectivity index (χ3v) is 11.3. The highest BCUT2D eigenvalue weighted by molar-refractivity contribution is 7.64. The minimum Gasteiger partial charge on any atom is -0.394 e. The Kier molecular flexibility index (Phi) is 10.3. The lowest BCUT2D eigenvalue weighted by Crippen LogP contribution is -2.43. The Bertz CT molecular complexity index is 257. The second-order valence-corrected chi connectivity index (χ2v) is 12.3. The van der Waals surface area contributed by atoms with Crippen LogP contribution in [0.3, 0.4) is 0 Å². The van der Waals surface area contributed by atoms with Gasteiger partial charge in [-0.2, -0.15) is 0 Å². The number of unbranched alkanes of at least 4 members (excludes halogenated alkanes) is 1. The van der Waals surface area contributed by atoms with Gasteiger partial charge in [0.25, 0.3) is 0 Å². The van der Waals surface area contributed by atoms with E-state index in [1.165, 1.54) is 0 Å². The molecule has 0 N–H and O–H groups in total. The molecule has 0 heterocycles. The van der Waals surface area contributed by atoms with Crippen molar-refractivity contribution in [1.29, 1.82) is 0 Å². The highest BCUT2D eigenvalue weighted by Gasteiger charge is 2.38. The van der Waals surface area contributed by atoms with Crippen LogP contribution < -0.4 is 0 Å². The zero-order valence-corrected chi connectivity index (χ0v) is 15.4. The molecule has 19 heavy (non-hydrogen) atoms. The average Bonchev–Trinajstić information content (AvgIpc) is 2.43. The van der Waals surface area contributed by atoms with Crippen molar-refractivity contribution in [3.63, 3.8) is 0 Å². The molecule has 3 nitrogen and oxygen atoms in total. The molecule has 0 aliphatic carbocycles. The summed E-state index contributed by atoms with van der Waals surface area (Å²) in [5.74, 6) is 0. The highest BCUT2D eigenvalue weighted by atomic mass is 31.2. The second kappa shape index (κ2) is 10.1. The maximum absolute atomic E-state index is 12.6. The van der Waals surface area contributed by atoms with Crippen LogP contribution in [0.25, 0.3) is 0 Å². The highest BCUT2D eigenvalue weighted by Crippen LogP contribution is 2.46. The Morgan fingerprint density at radius 2 is 1.42 bits per heavy atom. The second-order valence-electron chi connectivity index (χ2n) is 5.04. The van der Waals surface area contributed by atoms with E-state index in [4.69, 9.17) is 8.85 Å². The van der Waals surface area contributed by atoms with E-state index >= 15 is 0 Å². The lowest BCUT2D eigenvalue weighted by molar-refractivity contribution is 0.183. The molecule has 0 radical (unpaired) electrons. The van der Waals surface area contributed by atoms with E-state index in [2.05, 4.69) is 6.92 Å². The van der Waals surface area contributed by atoms with Crippen molar-refractivity contribution in [2.24, 2.45) is 0 Å². The van der Waals surface area contributed by atoms with Crippen LogP contribution in [0.4, 0.5) is 0 Å². The number of hydrogen-bond acceptors (Lipinski definition) is 3. The van der Waals surface area contributed by atoms with E-state index in [1.807, 2.05) is 27.7 Å². The standard InChI is InChI=1S/C14H33O3PSi/c1-6-11-13-19(16-7-2,17-8-3)14-12-18(15,9-4)10-5/h6-14H2,1-5H3. The third kappa shape index (κ3) is 7.08. The molecule has 0 bridgehead atoms. The molecule has 0 spiro atoms. The topological polar surface area (TPSA) is 35.5 Å². The minimum atomic E-state index is -2.13. The fourth-order valence-corrected chi connectivity index (χ4v) is 9.27. The molecule has 0 fully saturated rings. The van der Waals surface area contributed by atoms with Gasteiger partial charge in [0.1, 0.15) is 0 Å². The molecule has 116 valence electrons. The van der Waals surface area contributed by atoms with Crippen LogP contribution in [0.15, 0.2) is 0 Å². The average molecular weight is 308 g/mol. The zero-order chi connectivity index (χ0) is 14.8. The van der Waals surface area contributed by atoms with E-state index in [0.29, 0.717) is 13.2 Å². The van der Waals surface area contributed by atoms with Crippen LogP contribution in [0, 0.1) is 0 Å². The van der Waals surface area contributed by atoms with E-state index in [-0.39, 0.29) is 0 Å². The maximum atomic E-state index is 12.6. The summed E-state index contributed by atoms with van der Waals surface area (Å²) < 4.78 is 24.7. The molecule has 0 atom stereocenters. The summed E-state index contributed by atoms with van der Waals surface area (Å²) in [5.41, 5.74) is 0. The van der Waals surface area contributed by atoms with E-state index in [0.717, 1.165) is 43.4 Å². The predicted octanol–water partition coefficient (Wildman–Crippen LogP) is 4.70. The molecule has 0 aromatic rings. The van der Waals surface area contributed by atoms with Crippen molar-refractivity contribution in [3.8, 4) is 0 Å². The monoisotopic (exact) mass is 308 g/mol. The molecule has 0 saturated heterocycles. The van der Waals surface area contributed by atoms with Crippen molar-refractivity contribution in [1.82, 2.24) is 0 Å². The third-order valence-electron chi connectivity index (χ3n) is 3.78. The van der Waals surface area contributed by atoms with Crippen LogP contribution >= 0.6 is 7.14 Å². The summed E-state index contributed by atoms with van der Waals surface area (Å²) in [6.07, 6.45) is 4.72. The normalized spacial score (nSPS) is 12.9. The van der Waals surface area contributed by atoms with Crippen molar-refractivity contribution < 1.29 is 13.4 Å². The van der Waals surface area contributed by atoms with Crippen molar-refractivity contribution in [2.75, 3.05) is 31.7 Å². The van der Waals surface area contributed by atoms with Gasteiger partial charge < -0.3 is 13.4 Å². The Morgan fingerprint density at radius 3 is 1.79 bits per heavy atom.